The molecule has 33 heavy (non-hydrogen) atoms. The minimum absolute atomic E-state index is 0.0101. The Morgan fingerprint density at radius 3 is 2.52 bits per heavy atom. The highest BCUT2D eigenvalue weighted by Gasteiger charge is 2.32. The van der Waals surface area contributed by atoms with Gasteiger partial charge in [0.05, 0.1) is 24.7 Å². The fourth-order valence-electron chi connectivity index (χ4n) is 3.77. The van der Waals surface area contributed by atoms with Crippen LogP contribution in [-0.4, -0.2) is 46.5 Å². The predicted octanol–water partition coefficient (Wildman–Crippen LogP) is 4.97. The van der Waals surface area contributed by atoms with Gasteiger partial charge >= 0.3 is 12.1 Å². The van der Waals surface area contributed by atoms with Gasteiger partial charge in [0, 0.05) is 17.1 Å². The van der Waals surface area contributed by atoms with Gasteiger partial charge in [-0.05, 0) is 57.6 Å². The zero-order valence-corrected chi connectivity index (χ0v) is 20.8. The summed E-state index contributed by atoms with van der Waals surface area (Å²) >= 11 is 0. The van der Waals surface area contributed by atoms with E-state index < -0.39 is 29.8 Å². The standard InChI is InChI=1S/C26H40N2O5/c1-7-8-13-32-24(30)20(17(2)3)15-23(29)22(28-25(31)33-26(4,5)6)14-18-16-27-21-12-10-9-11-19(18)21/h9-12,16-17,20,22-23,27,29H,7-8,13-15H2,1-6H3,(H,28,31)/t20?,22-,23-/m0/s1. The number of hydrogen-bond acceptors (Lipinski definition) is 5. The first-order valence-electron chi connectivity index (χ1n) is 11.9. The molecule has 1 amide bonds. The van der Waals surface area contributed by atoms with Crippen LogP contribution in [-0.2, 0) is 20.7 Å². The number of rotatable bonds is 11. The number of aromatic amines is 1. The van der Waals surface area contributed by atoms with Crippen LogP contribution in [0.4, 0.5) is 4.79 Å². The van der Waals surface area contributed by atoms with E-state index in [1.165, 1.54) is 0 Å². The maximum absolute atomic E-state index is 12.7. The van der Waals surface area contributed by atoms with E-state index >= 15 is 0 Å². The van der Waals surface area contributed by atoms with Gasteiger partial charge < -0.3 is 24.9 Å². The molecule has 0 fully saturated rings. The van der Waals surface area contributed by atoms with Crippen molar-refractivity contribution in [1.82, 2.24) is 10.3 Å². The molecule has 0 bridgehead atoms. The number of carbonyl (C=O) groups excluding carboxylic acids is 2. The Morgan fingerprint density at radius 1 is 1.18 bits per heavy atom. The molecular formula is C26H40N2O5. The van der Waals surface area contributed by atoms with Crippen LogP contribution in [0.1, 0.15) is 66.4 Å². The Bertz CT molecular complexity index is 899. The van der Waals surface area contributed by atoms with Crippen LogP contribution in [0.15, 0.2) is 30.5 Å². The first kappa shape index (κ1) is 26.7. The van der Waals surface area contributed by atoms with Crippen LogP contribution >= 0.6 is 0 Å². The molecule has 7 heteroatoms. The highest BCUT2D eigenvalue weighted by atomic mass is 16.6. The second-order valence-electron chi connectivity index (χ2n) is 9.99. The number of aliphatic hydroxyl groups excluding tert-OH is 1. The maximum Gasteiger partial charge on any atom is 0.407 e. The number of alkyl carbamates (subject to hydrolysis) is 1. The quantitative estimate of drug-likeness (QED) is 0.325. The van der Waals surface area contributed by atoms with E-state index in [-0.39, 0.29) is 18.3 Å². The average Bonchev–Trinajstić information content (AvgIpc) is 3.12. The minimum atomic E-state index is -0.961. The number of aliphatic hydroxyl groups is 1. The summed E-state index contributed by atoms with van der Waals surface area (Å²) in [5, 5.41) is 15.0. The third-order valence-electron chi connectivity index (χ3n) is 5.63. The number of amides is 1. The molecule has 0 aliphatic heterocycles. The summed E-state index contributed by atoms with van der Waals surface area (Å²) in [4.78, 5) is 28.4. The summed E-state index contributed by atoms with van der Waals surface area (Å²) in [5.41, 5.74) is 1.29. The fourth-order valence-corrected chi connectivity index (χ4v) is 3.77. The second kappa shape index (κ2) is 12.1. The number of nitrogens with one attached hydrogen (secondary N) is 2. The molecule has 1 aromatic carbocycles. The van der Waals surface area contributed by atoms with Crippen molar-refractivity contribution >= 4 is 23.0 Å². The van der Waals surface area contributed by atoms with Crippen LogP contribution in [0.5, 0.6) is 0 Å². The third-order valence-corrected chi connectivity index (χ3v) is 5.63. The highest BCUT2D eigenvalue weighted by molar-refractivity contribution is 5.83. The van der Waals surface area contributed by atoms with Gasteiger partial charge in [-0.1, -0.05) is 45.4 Å². The largest absolute Gasteiger partial charge is 0.465 e. The van der Waals surface area contributed by atoms with E-state index in [0.29, 0.717) is 13.0 Å². The molecule has 7 nitrogen and oxygen atoms in total. The lowest BCUT2D eigenvalue weighted by atomic mass is 9.86. The van der Waals surface area contributed by atoms with Gasteiger partial charge in [-0.3, -0.25) is 4.79 Å². The van der Waals surface area contributed by atoms with Crippen LogP contribution in [0, 0.1) is 11.8 Å². The monoisotopic (exact) mass is 460 g/mol. The average molecular weight is 461 g/mol. The van der Waals surface area contributed by atoms with Crippen LogP contribution in [0.25, 0.3) is 10.9 Å². The van der Waals surface area contributed by atoms with Gasteiger partial charge in [-0.25, -0.2) is 4.79 Å². The first-order valence-corrected chi connectivity index (χ1v) is 11.9. The van der Waals surface area contributed by atoms with Crippen molar-refractivity contribution in [3.63, 3.8) is 0 Å². The Kier molecular flexibility index (Phi) is 9.77. The van der Waals surface area contributed by atoms with Gasteiger partial charge in [0.15, 0.2) is 0 Å². The molecule has 0 aliphatic carbocycles. The number of ether oxygens (including phenoxy) is 2. The number of esters is 1. The number of para-hydroxylation sites is 1. The summed E-state index contributed by atoms with van der Waals surface area (Å²) in [6, 6.07) is 7.25. The molecule has 0 aliphatic rings. The Hall–Kier alpha value is -2.54. The molecule has 2 rings (SSSR count). The molecule has 184 valence electrons. The van der Waals surface area contributed by atoms with Crippen molar-refractivity contribution in [1.29, 1.82) is 0 Å². The zero-order valence-electron chi connectivity index (χ0n) is 20.8. The fraction of sp³-hybridized carbons (Fsp3) is 0.615. The maximum atomic E-state index is 12.7. The van der Waals surface area contributed by atoms with Crippen molar-refractivity contribution in [3.8, 4) is 0 Å². The molecular weight excluding hydrogens is 420 g/mol. The van der Waals surface area contributed by atoms with Crippen molar-refractivity contribution in [2.24, 2.45) is 11.8 Å². The first-order chi connectivity index (χ1) is 15.5. The summed E-state index contributed by atoms with van der Waals surface area (Å²) in [5.74, 6) is -0.785. The van der Waals surface area contributed by atoms with E-state index in [1.807, 2.05) is 51.2 Å². The Balaban J connectivity index is 2.21. The number of carbonyl (C=O) groups is 2. The van der Waals surface area contributed by atoms with Crippen molar-refractivity contribution in [3.05, 3.63) is 36.0 Å². The highest BCUT2D eigenvalue weighted by Crippen LogP contribution is 2.24. The lowest BCUT2D eigenvalue weighted by molar-refractivity contribution is -0.151. The molecule has 0 saturated heterocycles. The van der Waals surface area contributed by atoms with Crippen LogP contribution in [0.2, 0.25) is 0 Å². The number of aromatic nitrogens is 1. The number of H-pyrrole nitrogens is 1. The van der Waals surface area contributed by atoms with E-state index in [2.05, 4.69) is 10.3 Å². The summed E-state index contributed by atoms with van der Waals surface area (Å²) < 4.78 is 10.9. The van der Waals surface area contributed by atoms with Crippen molar-refractivity contribution < 1.29 is 24.2 Å². The molecule has 1 heterocycles. The smallest absolute Gasteiger partial charge is 0.407 e. The van der Waals surface area contributed by atoms with Gasteiger partial charge in [-0.2, -0.15) is 0 Å². The summed E-state index contributed by atoms with van der Waals surface area (Å²) in [6.45, 7) is 11.7. The predicted molar refractivity (Wildman–Crippen MR) is 130 cm³/mol. The third kappa shape index (κ3) is 8.39. The SMILES string of the molecule is CCCCOC(=O)C(C[C@H](O)[C@H](Cc1c[nH]c2ccccc12)NC(=O)OC(C)(C)C)C(C)C. The molecule has 0 radical (unpaired) electrons. The van der Waals surface area contributed by atoms with Gasteiger partial charge in [0.25, 0.3) is 0 Å². The Morgan fingerprint density at radius 2 is 1.88 bits per heavy atom. The number of fused-ring (bicyclic) bond motifs is 1. The molecule has 0 saturated carbocycles. The number of benzene rings is 1. The normalized spacial score (nSPS) is 14.7. The van der Waals surface area contributed by atoms with Crippen molar-refractivity contribution in [2.45, 2.75) is 85.0 Å². The van der Waals surface area contributed by atoms with Crippen molar-refractivity contribution in [2.75, 3.05) is 6.61 Å². The van der Waals surface area contributed by atoms with Crippen LogP contribution < -0.4 is 5.32 Å². The molecule has 3 N–H and O–H groups in total. The zero-order chi connectivity index (χ0) is 24.6. The van der Waals surface area contributed by atoms with Crippen LogP contribution in [0.3, 0.4) is 0 Å². The topological polar surface area (TPSA) is 101 Å². The summed E-state index contributed by atoms with van der Waals surface area (Å²) in [6.07, 6.45) is 2.65. The van der Waals surface area contributed by atoms with E-state index in [1.54, 1.807) is 20.8 Å². The van der Waals surface area contributed by atoms with Gasteiger partial charge in [-0.15, -0.1) is 0 Å². The van der Waals surface area contributed by atoms with E-state index in [0.717, 1.165) is 29.3 Å². The molecule has 0 spiro atoms. The lowest BCUT2D eigenvalue weighted by Gasteiger charge is -2.29. The number of hydrogen-bond donors (Lipinski definition) is 3. The number of unbranched alkanes of at least 4 members (excludes halogenated alkanes) is 1. The Labute approximate surface area is 197 Å². The minimum Gasteiger partial charge on any atom is -0.465 e. The van der Waals surface area contributed by atoms with Gasteiger partial charge in [0.2, 0.25) is 0 Å². The molecule has 1 unspecified atom stereocenters. The van der Waals surface area contributed by atoms with Gasteiger partial charge in [0.1, 0.15) is 5.60 Å². The molecule has 1 aromatic heterocycles. The molecule has 3 atom stereocenters. The van der Waals surface area contributed by atoms with E-state index in [9.17, 15) is 14.7 Å². The lowest BCUT2D eigenvalue weighted by Crippen LogP contribution is -2.48. The second-order valence-corrected chi connectivity index (χ2v) is 9.99. The molecule has 2 aromatic rings. The summed E-state index contributed by atoms with van der Waals surface area (Å²) in [7, 11) is 0. The van der Waals surface area contributed by atoms with E-state index in [4.69, 9.17) is 9.47 Å².